The van der Waals surface area contributed by atoms with Crippen molar-refractivity contribution in [3.63, 3.8) is 0 Å². The van der Waals surface area contributed by atoms with Crippen molar-refractivity contribution in [2.45, 2.75) is 6.92 Å². The largest absolute Gasteiger partial charge is 0.354 e. The Balaban J connectivity index is 0.000000282. The van der Waals surface area contributed by atoms with Crippen molar-refractivity contribution in [3.05, 3.63) is 17.2 Å². The van der Waals surface area contributed by atoms with E-state index >= 15 is 0 Å². The summed E-state index contributed by atoms with van der Waals surface area (Å²) in [6, 6.07) is 3.67. The number of hydrogen-bond acceptors (Lipinski definition) is 9. The summed E-state index contributed by atoms with van der Waals surface area (Å²) in [5.41, 5.74) is 2.39. The Bertz CT molecular complexity index is 675. The number of nitrogens with zero attached hydrogens (tertiary/aromatic N) is 3. The zero-order chi connectivity index (χ0) is 15.2. The number of carbonyl (C=O) groups excluding carboxylic acids is 1. The van der Waals surface area contributed by atoms with E-state index in [9.17, 15) is 4.79 Å². The second-order valence-corrected chi connectivity index (χ2v) is 4.85. The molecule has 0 unspecified atom stereocenters. The molecule has 0 saturated heterocycles. The first-order valence-electron chi connectivity index (χ1n) is 5.90. The van der Waals surface area contributed by atoms with Crippen molar-refractivity contribution in [3.8, 4) is 0 Å². The van der Waals surface area contributed by atoms with E-state index in [0.29, 0.717) is 5.02 Å². The Morgan fingerprint density at radius 1 is 1.52 bits per heavy atom. The molecule has 0 radical (unpaired) electrons. The molecule has 0 aliphatic carbocycles. The first kappa shape index (κ1) is 15.4. The maximum atomic E-state index is 9.34. The number of carbonyl (C=O) groups is 1. The first-order valence-corrected chi connectivity index (χ1v) is 7.00. The van der Waals surface area contributed by atoms with E-state index in [1.165, 1.54) is 11.7 Å². The van der Waals surface area contributed by atoms with Crippen LogP contribution >= 0.6 is 23.3 Å². The van der Waals surface area contributed by atoms with Gasteiger partial charge in [0, 0.05) is 13.5 Å². The van der Waals surface area contributed by atoms with E-state index in [2.05, 4.69) is 29.3 Å². The van der Waals surface area contributed by atoms with Crippen molar-refractivity contribution in [2.75, 3.05) is 18.4 Å². The molecule has 0 atom stereocenters. The summed E-state index contributed by atoms with van der Waals surface area (Å²) >= 11 is 7.30. The molecule has 1 aliphatic rings. The lowest BCUT2D eigenvalue weighted by Gasteiger charge is -2.08. The van der Waals surface area contributed by atoms with Crippen LogP contribution in [-0.2, 0) is 9.68 Å². The smallest absolute Gasteiger partial charge is 0.339 e. The van der Waals surface area contributed by atoms with Crippen LogP contribution in [-0.4, -0.2) is 39.0 Å². The fourth-order valence-electron chi connectivity index (χ4n) is 1.55. The van der Waals surface area contributed by atoms with Crippen molar-refractivity contribution < 1.29 is 14.9 Å². The second-order valence-electron chi connectivity index (χ2n) is 3.92. The molecule has 1 aromatic heterocycles. The molecule has 21 heavy (non-hydrogen) atoms. The van der Waals surface area contributed by atoms with Gasteiger partial charge < -0.3 is 15.5 Å². The lowest BCUT2D eigenvalue weighted by Crippen LogP contribution is -2.26. The van der Waals surface area contributed by atoms with E-state index < -0.39 is 5.97 Å². The second kappa shape index (κ2) is 7.16. The molecule has 0 bridgehead atoms. The average Bonchev–Trinajstić information content (AvgIpc) is 3.13. The normalized spacial score (nSPS) is 13.0. The van der Waals surface area contributed by atoms with E-state index in [1.54, 1.807) is 0 Å². The Hall–Kier alpha value is -1.97. The van der Waals surface area contributed by atoms with E-state index in [4.69, 9.17) is 16.9 Å². The predicted octanol–water partition coefficient (Wildman–Crippen LogP) is 1.74. The van der Waals surface area contributed by atoms with Gasteiger partial charge in [-0.1, -0.05) is 11.6 Å². The first-order chi connectivity index (χ1) is 10.1. The molecule has 0 spiro atoms. The van der Waals surface area contributed by atoms with Crippen molar-refractivity contribution >= 4 is 52.0 Å². The summed E-state index contributed by atoms with van der Waals surface area (Å²) in [4.78, 5) is 16.7. The van der Waals surface area contributed by atoms with Gasteiger partial charge in [-0.25, -0.2) is 4.79 Å². The fourth-order valence-corrected chi connectivity index (χ4v) is 2.29. The lowest BCUT2D eigenvalue weighted by atomic mass is 10.2. The lowest BCUT2D eigenvalue weighted by molar-refractivity contribution is -0.231. The molecular formula is C11H12ClN5O3S. The molecule has 112 valence electrons. The third-order valence-electron chi connectivity index (χ3n) is 2.42. The van der Waals surface area contributed by atoms with Gasteiger partial charge in [-0.3, -0.25) is 4.99 Å². The van der Waals surface area contributed by atoms with Gasteiger partial charge in [0.15, 0.2) is 5.96 Å². The van der Waals surface area contributed by atoms with Crippen LogP contribution < -0.4 is 10.6 Å². The summed E-state index contributed by atoms with van der Waals surface area (Å²) in [7, 11) is 0. The van der Waals surface area contributed by atoms with E-state index in [0.717, 1.165) is 42.7 Å². The number of aliphatic imine (C=N–C) groups is 1. The highest BCUT2D eigenvalue weighted by atomic mass is 35.5. The van der Waals surface area contributed by atoms with Crippen LogP contribution in [0.15, 0.2) is 17.1 Å². The van der Waals surface area contributed by atoms with Gasteiger partial charge in [0.2, 0.25) is 0 Å². The number of benzene rings is 1. The SMILES string of the molecule is CC(=O)OO.Clc1ccc2nsnc2c1NC1=NCCN1. The fraction of sp³-hybridized carbons (Fsp3) is 0.273. The molecule has 1 aliphatic heterocycles. The number of halogens is 1. The van der Waals surface area contributed by atoms with Gasteiger partial charge in [0.05, 0.1) is 29.0 Å². The van der Waals surface area contributed by atoms with Crippen LogP contribution in [0.4, 0.5) is 5.69 Å². The number of rotatable bonds is 1. The molecule has 0 fully saturated rings. The van der Waals surface area contributed by atoms with Crippen LogP contribution in [0.25, 0.3) is 11.0 Å². The van der Waals surface area contributed by atoms with E-state index in [-0.39, 0.29) is 0 Å². The van der Waals surface area contributed by atoms with E-state index in [1.807, 2.05) is 12.1 Å². The zero-order valence-corrected chi connectivity index (χ0v) is 12.5. The minimum absolute atomic E-state index is 0.622. The van der Waals surface area contributed by atoms with Crippen LogP contribution in [0.5, 0.6) is 0 Å². The molecule has 3 rings (SSSR count). The van der Waals surface area contributed by atoms with Crippen LogP contribution in [0.3, 0.4) is 0 Å². The number of anilines is 1. The molecule has 3 N–H and O–H groups in total. The zero-order valence-electron chi connectivity index (χ0n) is 11.0. The van der Waals surface area contributed by atoms with Gasteiger partial charge >= 0.3 is 5.97 Å². The number of nitrogens with one attached hydrogen (secondary N) is 2. The summed E-state index contributed by atoms with van der Waals surface area (Å²) in [5, 5.41) is 14.2. The highest BCUT2D eigenvalue weighted by molar-refractivity contribution is 7.00. The average molecular weight is 330 g/mol. The topological polar surface area (TPSA) is 109 Å². The molecule has 8 nitrogen and oxygen atoms in total. The van der Waals surface area contributed by atoms with Crippen molar-refractivity contribution in [1.29, 1.82) is 0 Å². The third-order valence-corrected chi connectivity index (χ3v) is 3.28. The molecular weight excluding hydrogens is 318 g/mol. The van der Waals surface area contributed by atoms with Gasteiger partial charge in [-0.05, 0) is 12.1 Å². The summed E-state index contributed by atoms with van der Waals surface area (Å²) in [6.07, 6.45) is 0. The van der Waals surface area contributed by atoms with Gasteiger partial charge in [0.1, 0.15) is 11.0 Å². The quantitative estimate of drug-likeness (QED) is 0.540. The minimum Gasteiger partial charge on any atom is -0.354 e. The maximum Gasteiger partial charge on any atom is 0.339 e. The Morgan fingerprint density at radius 2 is 2.29 bits per heavy atom. The molecule has 2 aromatic rings. The molecule has 0 amide bonds. The van der Waals surface area contributed by atoms with Crippen LogP contribution in [0, 0.1) is 0 Å². The summed E-state index contributed by atoms with van der Waals surface area (Å²) in [5.74, 6) is 0.0485. The van der Waals surface area contributed by atoms with Crippen LogP contribution in [0.2, 0.25) is 5.02 Å². The molecule has 2 heterocycles. The standard InChI is InChI=1S/C9H8ClN5S.C2H4O3/c10-5-1-2-6-8(15-16-14-6)7(5)13-9-11-3-4-12-9;1-2(3)5-4/h1-2H,3-4H2,(H2,11,12,13);4H,1H3. The van der Waals surface area contributed by atoms with Crippen molar-refractivity contribution in [2.24, 2.45) is 4.99 Å². The summed E-state index contributed by atoms with van der Waals surface area (Å²) < 4.78 is 8.39. The number of guanidine groups is 1. The van der Waals surface area contributed by atoms with Gasteiger partial charge in [0.25, 0.3) is 0 Å². The van der Waals surface area contributed by atoms with Crippen LogP contribution in [0.1, 0.15) is 6.92 Å². The minimum atomic E-state index is -0.690. The number of hydrogen-bond donors (Lipinski definition) is 3. The number of fused-ring (bicyclic) bond motifs is 1. The number of aromatic nitrogens is 2. The predicted molar refractivity (Wildman–Crippen MR) is 80.7 cm³/mol. The molecule has 0 saturated carbocycles. The highest BCUT2D eigenvalue weighted by Crippen LogP contribution is 2.29. The van der Waals surface area contributed by atoms with Gasteiger partial charge in [-0.15, -0.1) is 0 Å². The van der Waals surface area contributed by atoms with Gasteiger partial charge in [-0.2, -0.15) is 14.0 Å². The molecule has 1 aromatic carbocycles. The highest BCUT2D eigenvalue weighted by Gasteiger charge is 2.13. The van der Waals surface area contributed by atoms with Crippen molar-refractivity contribution in [1.82, 2.24) is 14.1 Å². The monoisotopic (exact) mass is 329 g/mol. The third kappa shape index (κ3) is 4.00. The Labute approximate surface area is 129 Å². The molecule has 10 heteroatoms. The Kier molecular flexibility index (Phi) is 5.26. The summed E-state index contributed by atoms with van der Waals surface area (Å²) in [6.45, 7) is 2.75. The maximum absolute atomic E-state index is 9.34. The Morgan fingerprint density at radius 3 is 2.90 bits per heavy atom.